The van der Waals surface area contributed by atoms with Crippen molar-refractivity contribution in [3.05, 3.63) is 30.1 Å². The minimum atomic E-state index is -5.08. The Hall–Kier alpha value is -2.94. The first-order valence-corrected chi connectivity index (χ1v) is 11.3. The van der Waals surface area contributed by atoms with E-state index in [2.05, 4.69) is 26.9 Å². The number of alkyl halides is 6. The third kappa shape index (κ3) is 9.46. The highest BCUT2D eigenvalue weighted by Crippen LogP contribution is 2.33. The fraction of sp³-hybridized carbons (Fsp3) is 0.636. The first-order valence-electron chi connectivity index (χ1n) is 11.3. The topological polar surface area (TPSA) is 120 Å². The summed E-state index contributed by atoms with van der Waals surface area (Å²) in [5.74, 6) is -5.08. The number of carbonyl (C=O) groups is 3. The third-order valence-electron chi connectivity index (χ3n) is 6.00. The number of carboxylic acid groups (broad SMARTS) is 2. The second-order valence-electron chi connectivity index (χ2n) is 8.62. The largest absolute Gasteiger partial charge is 0.490 e. The van der Waals surface area contributed by atoms with Crippen LogP contribution in [0.4, 0.5) is 26.3 Å². The molecule has 4 rings (SSSR count). The predicted octanol–water partition coefficient (Wildman–Crippen LogP) is 2.95. The van der Waals surface area contributed by atoms with E-state index < -0.39 is 24.3 Å². The van der Waals surface area contributed by atoms with Crippen molar-refractivity contribution in [2.75, 3.05) is 26.2 Å². The number of halogens is 6. The number of rotatable bonds is 3. The Balaban J connectivity index is 0.000000286. The van der Waals surface area contributed by atoms with Gasteiger partial charge in [-0.15, -0.1) is 0 Å². The minimum absolute atomic E-state index is 0.0919. The van der Waals surface area contributed by atoms with Gasteiger partial charge in [-0.1, -0.05) is 0 Å². The lowest BCUT2D eigenvalue weighted by Gasteiger charge is -2.41. The molecule has 3 aliphatic heterocycles. The Morgan fingerprint density at radius 3 is 1.97 bits per heavy atom. The standard InChI is InChI=1S/C18H25N3O2.2C2HF3O2/c22-18(20-8-1-2-9-20)15-11-17-16(5-10-23-17)21(13-15)12-14-3-6-19-7-4-14;2*3-2(4,5)1(6)7/h3-4,6-7,15-17H,1-2,5,8-13H2;2*(H,6,7)/t15-,16+,17+;;/m0../s1. The predicted molar refractivity (Wildman–Crippen MR) is 114 cm³/mol. The van der Waals surface area contributed by atoms with Crippen LogP contribution < -0.4 is 0 Å². The maximum Gasteiger partial charge on any atom is 0.490 e. The highest BCUT2D eigenvalue weighted by Gasteiger charge is 2.43. The summed E-state index contributed by atoms with van der Waals surface area (Å²) in [5, 5.41) is 14.2. The van der Waals surface area contributed by atoms with Gasteiger partial charge >= 0.3 is 24.3 Å². The molecule has 0 unspecified atom stereocenters. The van der Waals surface area contributed by atoms with Crippen molar-refractivity contribution < 1.29 is 55.7 Å². The molecule has 0 radical (unpaired) electrons. The minimum Gasteiger partial charge on any atom is -0.475 e. The summed E-state index contributed by atoms with van der Waals surface area (Å²) in [5.41, 5.74) is 1.26. The summed E-state index contributed by atoms with van der Waals surface area (Å²) < 4.78 is 69.4. The Morgan fingerprint density at radius 1 is 0.973 bits per heavy atom. The maximum atomic E-state index is 12.8. The number of ether oxygens (including phenoxy) is 1. The molecule has 9 nitrogen and oxygen atoms in total. The molecule has 0 saturated carbocycles. The monoisotopic (exact) mass is 543 g/mol. The van der Waals surface area contributed by atoms with E-state index in [1.54, 1.807) is 0 Å². The number of pyridine rings is 1. The number of nitrogens with zero attached hydrogens (tertiary/aromatic N) is 3. The van der Waals surface area contributed by atoms with E-state index in [1.165, 1.54) is 5.56 Å². The van der Waals surface area contributed by atoms with Crippen LogP contribution in [0.15, 0.2) is 24.5 Å². The summed E-state index contributed by atoms with van der Waals surface area (Å²) in [7, 11) is 0. The molecule has 1 aromatic rings. The third-order valence-corrected chi connectivity index (χ3v) is 6.00. The van der Waals surface area contributed by atoms with Gasteiger partial charge in [-0.25, -0.2) is 9.59 Å². The Bertz CT molecular complexity index is 884. The van der Waals surface area contributed by atoms with E-state index in [0.717, 1.165) is 58.5 Å². The SMILES string of the molecule is O=C(O)C(F)(F)F.O=C(O)C(F)(F)F.O=C([C@H]1C[C@H]2OCC[C@H]2N(Cc2ccncc2)C1)N1CCCC1. The van der Waals surface area contributed by atoms with Gasteiger partial charge in [0.15, 0.2) is 0 Å². The van der Waals surface area contributed by atoms with Crippen molar-refractivity contribution in [3.63, 3.8) is 0 Å². The zero-order chi connectivity index (χ0) is 27.8. The summed E-state index contributed by atoms with van der Waals surface area (Å²) in [4.78, 5) is 39.2. The fourth-order valence-corrected chi connectivity index (χ4v) is 4.33. The second-order valence-corrected chi connectivity index (χ2v) is 8.62. The highest BCUT2D eigenvalue weighted by molar-refractivity contribution is 5.79. The molecule has 0 bridgehead atoms. The number of likely N-dealkylation sites (tertiary alicyclic amines) is 2. The summed E-state index contributed by atoms with van der Waals surface area (Å²) in [6, 6.07) is 4.60. The Labute approximate surface area is 208 Å². The van der Waals surface area contributed by atoms with E-state index in [1.807, 2.05) is 12.4 Å². The Morgan fingerprint density at radius 2 is 1.49 bits per heavy atom. The molecule has 0 aromatic carbocycles. The van der Waals surface area contributed by atoms with Crippen molar-refractivity contribution in [2.45, 2.75) is 56.7 Å². The zero-order valence-electron chi connectivity index (χ0n) is 19.5. The van der Waals surface area contributed by atoms with E-state index in [-0.39, 0.29) is 12.0 Å². The number of hydrogen-bond acceptors (Lipinski definition) is 6. The molecule has 208 valence electrons. The van der Waals surface area contributed by atoms with Gasteiger partial charge in [0, 0.05) is 51.2 Å². The molecule has 2 N–H and O–H groups in total. The molecule has 37 heavy (non-hydrogen) atoms. The van der Waals surface area contributed by atoms with Gasteiger partial charge in [0.25, 0.3) is 0 Å². The first kappa shape index (κ1) is 30.3. The summed E-state index contributed by atoms with van der Waals surface area (Å²) in [6.07, 6.45) is -1.97. The van der Waals surface area contributed by atoms with Gasteiger partial charge in [0.05, 0.1) is 12.0 Å². The number of aliphatic carboxylic acids is 2. The van der Waals surface area contributed by atoms with Crippen LogP contribution in [0, 0.1) is 5.92 Å². The van der Waals surface area contributed by atoms with Gasteiger partial charge < -0.3 is 19.8 Å². The van der Waals surface area contributed by atoms with Gasteiger partial charge in [-0.2, -0.15) is 26.3 Å². The van der Waals surface area contributed by atoms with E-state index in [4.69, 9.17) is 24.5 Å². The normalized spacial score (nSPS) is 23.7. The van der Waals surface area contributed by atoms with Crippen molar-refractivity contribution in [1.82, 2.24) is 14.8 Å². The number of piperidine rings is 1. The molecule has 1 amide bonds. The van der Waals surface area contributed by atoms with E-state index >= 15 is 0 Å². The number of hydrogen-bond donors (Lipinski definition) is 2. The average Bonchev–Trinajstić information content (AvgIpc) is 3.51. The van der Waals surface area contributed by atoms with Crippen molar-refractivity contribution >= 4 is 17.8 Å². The molecule has 3 fully saturated rings. The van der Waals surface area contributed by atoms with Crippen LogP contribution in [0.2, 0.25) is 0 Å². The maximum absolute atomic E-state index is 12.8. The molecule has 3 saturated heterocycles. The van der Waals surface area contributed by atoms with Gasteiger partial charge in [0.2, 0.25) is 5.91 Å². The number of fused-ring (bicyclic) bond motifs is 1. The van der Waals surface area contributed by atoms with Gasteiger partial charge in [-0.05, 0) is 43.4 Å². The molecule has 3 aliphatic rings. The molecular formula is C22H27F6N3O6. The van der Waals surface area contributed by atoms with Crippen LogP contribution in [0.3, 0.4) is 0 Å². The van der Waals surface area contributed by atoms with Gasteiger partial charge in [-0.3, -0.25) is 14.7 Å². The van der Waals surface area contributed by atoms with Crippen LogP contribution >= 0.6 is 0 Å². The fourth-order valence-electron chi connectivity index (χ4n) is 4.33. The molecule has 0 aliphatic carbocycles. The highest BCUT2D eigenvalue weighted by atomic mass is 19.4. The number of carboxylic acids is 2. The molecule has 4 heterocycles. The molecule has 15 heteroatoms. The molecular weight excluding hydrogens is 516 g/mol. The van der Waals surface area contributed by atoms with Crippen LogP contribution in [-0.4, -0.2) is 93.6 Å². The van der Waals surface area contributed by atoms with Crippen LogP contribution in [0.25, 0.3) is 0 Å². The van der Waals surface area contributed by atoms with Crippen molar-refractivity contribution in [1.29, 1.82) is 0 Å². The van der Waals surface area contributed by atoms with Crippen molar-refractivity contribution in [2.24, 2.45) is 5.92 Å². The zero-order valence-corrected chi connectivity index (χ0v) is 19.5. The lowest BCUT2D eigenvalue weighted by Crippen LogP contribution is -2.52. The summed E-state index contributed by atoms with van der Waals surface area (Å²) >= 11 is 0. The summed E-state index contributed by atoms with van der Waals surface area (Å²) in [6.45, 7) is 4.45. The average molecular weight is 543 g/mol. The smallest absolute Gasteiger partial charge is 0.475 e. The lowest BCUT2D eigenvalue weighted by atomic mass is 9.88. The second kappa shape index (κ2) is 13.0. The van der Waals surface area contributed by atoms with E-state index in [9.17, 15) is 31.1 Å². The first-order chi connectivity index (χ1) is 17.2. The lowest BCUT2D eigenvalue weighted by molar-refractivity contribution is -0.193. The van der Waals surface area contributed by atoms with Crippen LogP contribution in [0.1, 0.15) is 31.2 Å². The van der Waals surface area contributed by atoms with Gasteiger partial charge in [0.1, 0.15) is 0 Å². The molecule has 0 spiro atoms. The van der Waals surface area contributed by atoms with E-state index in [0.29, 0.717) is 11.9 Å². The molecule has 3 atom stereocenters. The molecule has 1 aromatic heterocycles. The van der Waals surface area contributed by atoms with Crippen LogP contribution in [0.5, 0.6) is 0 Å². The number of aromatic nitrogens is 1. The number of amides is 1. The number of carbonyl (C=O) groups excluding carboxylic acids is 1. The van der Waals surface area contributed by atoms with Crippen molar-refractivity contribution in [3.8, 4) is 0 Å². The van der Waals surface area contributed by atoms with Crippen LogP contribution in [-0.2, 0) is 25.7 Å². The Kier molecular flexibility index (Phi) is 10.7. The quantitative estimate of drug-likeness (QED) is 0.559.